The number of aryl methyl sites for hydroxylation is 1. The van der Waals surface area contributed by atoms with Crippen LogP contribution < -0.4 is 0 Å². The lowest BCUT2D eigenvalue weighted by atomic mass is 10.5. The number of hydrogen-bond acceptors (Lipinski definition) is 2. The molecule has 0 saturated carbocycles. The predicted molar refractivity (Wildman–Crippen MR) is 56.6 cm³/mol. The standard InChI is InChI=1S/C5H6N2.C5H8N2/c1-2-7-4-3-6-5-7;1-2-5-6-3-4-7-5/h2-5H,1H2;3-4H,2H2,1H3,(H,6,7). The van der Waals surface area contributed by atoms with E-state index in [0.717, 1.165) is 12.2 Å². The fraction of sp³-hybridized carbons (Fsp3) is 0.200. The van der Waals surface area contributed by atoms with Crippen LogP contribution in [0.15, 0.2) is 37.7 Å². The summed E-state index contributed by atoms with van der Waals surface area (Å²) in [6, 6.07) is 0. The van der Waals surface area contributed by atoms with Crippen molar-refractivity contribution in [1.29, 1.82) is 0 Å². The quantitative estimate of drug-likeness (QED) is 0.786. The summed E-state index contributed by atoms with van der Waals surface area (Å²) in [5.41, 5.74) is 0. The third-order valence-corrected chi connectivity index (χ3v) is 1.63. The van der Waals surface area contributed by atoms with Gasteiger partial charge in [0, 0.05) is 37.4 Å². The van der Waals surface area contributed by atoms with E-state index in [1.54, 1.807) is 29.5 Å². The van der Waals surface area contributed by atoms with E-state index in [9.17, 15) is 0 Å². The number of imidazole rings is 2. The van der Waals surface area contributed by atoms with Crippen LogP contribution in [0.3, 0.4) is 0 Å². The Bertz CT molecular complexity index is 334. The van der Waals surface area contributed by atoms with Crippen molar-refractivity contribution in [1.82, 2.24) is 19.5 Å². The van der Waals surface area contributed by atoms with Crippen LogP contribution in [0.4, 0.5) is 0 Å². The molecule has 0 saturated heterocycles. The maximum absolute atomic E-state index is 3.98. The Morgan fingerprint density at radius 3 is 2.71 bits per heavy atom. The largest absolute Gasteiger partial charge is 0.349 e. The van der Waals surface area contributed by atoms with E-state index < -0.39 is 0 Å². The van der Waals surface area contributed by atoms with Gasteiger partial charge in [-0.1, -0.05) is 13.5 Å². The van der Waals surface area contributed by atoms with Crippen LogP contribution in [0, 0.1) is 0 Å². The molecule has 0 aliphatic carbocycles. The van der Waals surface area contributed by atoms with Crippen molar-refractivity contribution < 1.29 is 0 Å². The van der Waals surface area contributed by atoms with Gasteiger partial charge < -0.3 is 9.55 Å². The van der Waals surface area contributed by atoms with Gasteiger partial charge in [-0.15, -0.1) is 0 Å². The molecule has 74 valence electrons. The highest BCUT2D eigenvalue weighted by Crippen LogP contribution is 1.85. The lowest BCUT2D eigenvalue weighted by molar-refractivity contribution is 0.990. The smallest absolute Gasteiger partial charge is 0.105 e. The van der Waals surface area contributed by atoms with Crippen molar-refractivity contribution in [3.05, 3.63) is 43.5 Å². The van der Waals surface area contributed by atoms with Crippen LogP contribution in [0.25, 0.3) is 6.20 Å². The molecular weight excluding hydrogens is 176 g/mol. The van der Waals surface area contributed by atoms with Gasteiger partial charge in [0.1, 0.15) is 5.82 Å². The maximum atomic E-state index is 3.98. The average Bonchev–Trinajstić information content (AvgIpc) is 2.92. The summed E-state index contributed by atoms with van der Waals surface area (Å²) in [5.74, 6) is 1.06. The third-order valence-electron chi connectivity index (χ3n) is 1.63. The second kappa shape index (κ2) is 5.75. The van der Waals surface area contributed by atoms with E-state index in [1.165, 1.54) is 0 Å². The van der Waals surface area contributed by atoms with E-state index >= 15 is 0 Å². The second-order valence-corrected chi connectivity index (χ2v) is 2.58. The lowest BCUT2D eigenvalue weighted by Crippen LogP contribution is -1.78. The van der Waals surface area contributed by atoms with Crippen LogP contribution in [-0.2, 0) is 6.42 Å². The summed E-state index contributed by atoms with van der Waals surface area (Å²) in [5, 5.41) is 0. The first-order valence-electron chi connectivity index (χ1n) is 4.45. The van der Waals surface area contributed by atoms with E-state index in [4.69, 9.17) is 0 Å². The Kier molecular flexibility index (Phi) is 4.20. The molecule has 2 rings (SSSR count). The van der Waals surface area contributed by atoms with Crippen molar-refractivity contribution in [3.63, 3.8) is 0 Å². The topological polar surface area (TPSA) is 46.5 Å². The summed E-state index contributed by atoms with van der Waals surface area (Å²) < 4.78 is 1.78. The van der Waals surface area contributed by atoms with Gasteiger partial charge in [-0.05, 0) is 0 Å². The van der Waals surface area contributed by atoms with Crippen LogP contribution in [-0.4, -0.2) is 19.5 Å². The van der Waals surface area contributed by atoms with Gasteiger partial charge in [-0.2, -0.15) is 0 Å². The van der Waals surface area contributed by atoms with E-state index in [1.807, 2.05) is 12.4 Å². The minimum absolute atomic E-state index is 0.993. The highest BCUT2D eigenvalue weighted by Gasteiger charge is 1.82. The highest BCUT2D eigenvalue weighted by atomic mass is 15.0. The average molecular weight is 190 g/mol. The van der Waals surface area contributed by atoms with Crippen LogP contribution in [0.5, 0.6) is 0 Å². The van der Waals surface area contributed by atoms with Crippen LogP contribution >= 0.6 is 0 Å². The van der Waals surface area contributed by atoms with Crippen molar-refractivity contribution in [2.45, 2.75) is 13.3 Å². The molecular formula is C10H14N4. The predicted octanol–water partition coefficient (Wildman–Crippen LogP) is 1.96. The molecule has 4 heteroatoms. The fourth-order valence-corrected chi connectivity index (χ4v) is 0.869. The van der Waals surface area contributed by atoms with Gasteiger partial charge >= 0.3 is 0 Å². The Hall–Kier alpha value is -1.84. The third kappa shape index (κ3) is 3.26. The SMILES string of the molecule is C=Cn1ccnc1.CCc1ncc[nH]1. The monoisotopic (exact) mass is 190 g/mol. The molecule has 2 heterocycles. The molecule has 0 fully saturated rings. The zero-order valence-electron chi connectivity index (χ0n) is 8.22. The van der Waals surface area contributed by atoms with Crippen molar-refractivity contribution >= 4 is 6.20 Å². The highest BCUT2D eigenvalue weighted by molar-refractivity contribution is 5.14. The molecule has 2 aromatic heterocycles. The van der Waals surface area contributed by atoms with Gasteiger partial charge in [0.25, 0.3) is 0 Å². The molecule has 0 radical (unpaired) electrons. The molecule has 0 unspecified atom stereocenters. The van der Waals surface area contributed by atoms with E-state index in [2.05, 4.69) is 28.5 Å². The minimum Gasteiger partial charge on any atom is -0.349 e. The summed E-state index contributed by atoms with van der Waals surface area (Å²) in [4.78, 5) is 10.7. The number of hydrogen-bond donors (Lipinski definition) is 1. The summed E-state index contributed by atoms with van der Waals surface area (Å²) in [6.45, 7) is 5.59. The van der Waals surface area contributed by atoms with Crippen LogP contribution in [0.1, 0.15) is 12.7 Å². The molecule has 1 N–H and O–H groups in total. The number of H-pyrrole nitrogens is 1. The summed E-state index contributed by atoms with van der Waals surface area (Å²) >= 11 is 0. The van der Waals surface area contributed by atoms with Crippen molar-refractivity contribution in [3.8, 4) is 0 Å². The normalized spacial score (nSPS) is 8.93. The van der Waals surface area contributed by atoms with Crippen LogP contribution in [0.2, 0.25) is 0 Å². The number of nitrogens with one attached hydrogen (secondary N) is 1. The first-order valence-corrected chi connectivity index (χ1v) is 4.45. The Morgan fingerprint density at radius 2 is 2.43 bits per heavy atom. The summed E-state index contributed by atoms with van der Waals surface area (Å²) in [6.07, 6.45) is 11.5. The molecule has 0 spiro atoms. The fourth-order valence-electron chi connectivity index (χ4n) is 0.869. The molecule has 0 atom stereocenters. The molecule has 0 aliphatic heterocycles. The molecule has 4 nitrogen and oxygen atoms in total. The number of aromatic nitrogens is 4. The van der Waals surface area contributed by atoms with Gasteiger partial charge in [0.05, 0.1) is 6.33 Å². The Balaban J connectivity index is 0.000000140. The number of rotatable bonds is 2. The second-order valence-electron chi connectivity index (χ2n) is 2.58. The zero-order chi connectivity index (χ0) is 10.2. The number of aromatic amines is 1. The summed E-state index contributed by atoms with van der Waals surface area (Å²) in [7, 11) is 0. The van der Waals surface area contributed by atoms with Crippen molar-refractivity contribution in [2.75, 3.05) is 0 Å². The van der Waals surface area contributed by atoms with E-state index in [0.29, 0.717) is 0 Å². The molecule has 0 bridgehead atoms. The van der Waals surface area contributed by atoms with Crippen molar-refractivity contribution in [2.24, 2.45) is 0 Å². The minimum atomic E-state index is 0.993. The molecule has 0 aromatic carbocycles. The van der Waals surface area contributed by atoms with Gasteiger partial charge in [-0.25, -0.2) is 9.97 Å². The molecule has 14 heavy (non-hydrogen) atoms. The molecule has 0 amide bonds. The number of nitrogens with zero attached hydrogens (tertiary/aromatic N) is 3. The Morgan fingerprint density at radius 1 is 1.57 bits per heavy atom. The van der Waals surface area contributed by atoms with E-state index in [-0.39, 0.29) is 0 Å². The van der Waals surface area contributed by atoms with Gasteiger partial charge in [-0.3, -0.25) is 0 Å². The molecule has 2 aromatic rings. The zero-order valence-corrected chi connectivity index (χ0v) is 8.22. The van der Waals surface area contributed by atoms with Gasteiger partial charge in [0.15, 0.2) is 0 Å². The Labute approximate surface area is 83.3 Å². The molecule has 0 aliphatic rings. The maximum Gasteiger partial charge on any atom is 0.105 e. The first kappa shape index (κ1) is 10.2. The van der Waals surface area contributed by atoms with Gasteiger partial charge in [0.2, 0.25) is 0 Å². The lowest BCUT2D eigenvalue weighted by Gasteiger charge is -1.80. The first-order chi connectivity index (χ1) is 6.86.